The van der Waals surface area contributed by atoms with E-state index in [1.165, 1.54) is 225 Å². The maximum absolute atomic E-state index is 13.1. The van der Waals surface area contributed by atoms with E-state index in [-0.39, 0.29) is 25.7 Å². The second kappa shape index (κ2) is 69.8. The lowest BCUT2D eigenvalue weighted by Gasteiger charge is -2.21. The summed E-state index contributed by atoms with van der Waals surface area (Å²) in [5.74, 6) is -0.621. The molecule has 0 fully saturated rings. The van der Waals surface area contributed by atoms with Crippen LogP contribution in [0.2, 0.25) is 0 Å². The van der Waals surface area contributed by atoms with Crippen LogP contribution in [0.15, 0.2) is 0 Å². The molecule has 17 nitrogen and oxygen atoms in total. The smallest absolute Gasteiger partial charge is 0.462 e. The molecule has 0 aromatic heterocycles. The van der Waals surface area contributed by atoms with Crippen molar-refractivity contribution < 1.29 is 80.2 Å². The molecule has 2 unspecified atom stereocenters. The first-order chi connectivity index (χ1) is 46.9. The van der Waals surface area contributed by atoms with Gasteiger partial charge in [-0.15, -0.1) is 0 Å². The molecular weight excluding hydrogens is 1270 g/mol. The summed E-state index contributed by atoms with van der Waals surface area (Å²) in [6.45, 7) is 9.56. The van der Waals surface area contributed by atoms with Gasteiger partial charge in [-0.3, -0.25) is 37.3 Å². The van der Waals surface area contributed by atoms with Crippen LogP contribution in [-0.2, 0) is 65.4 Å². The van der Waals surface area contributed by atoms with E-state index in [9.17, 15) is 43.2 Å². The third-order valence-corrected chi connectivity index (χ3v) is 20.1. The summed E-state index contributed by atoms with van der Waals surface area (Å²) in [6, 6.07) is 0. The Morgan fingerprint density at radius 2 is 0.474 bits per heavy atom. The lowest BCUT2D eigenvalue weighted by atomic mass is 10.0. The van der Waals surface area contributed by atoms with Gasteiger partial charge >= 0.3 is 39.5 Å². The molecule has 0 radical (unpaired) electrons. The fourth-order valence-electron chi connectivity index (χ4n) is 12.0. The monoisotopic (exact) mass is 1420 g/mol. The fourth-order valence-corrected chi connectivity index (χ4v) is 13.6. The zero-order valence-electron chi connectivity index (χ0n) is 63.4. The van der Waals surface area contributed by atoms with Crippen molar-refractivity contribution in [3.63, 3.8) is 0 Å². The van der Waals surface area contributed by atoms with E-state index in [2.05, 4.69) is 41.5 Å². The maximum Gasteiger partial charge on any atom is 0.472 e. The molecule has 0 heterocycles. The van der Waals surface area contributed by atoms with Crippen molar-refractivity contribution >= 4 is 39.5 Å². The van der Waals surface area contributed by atoms with E-state index in [1.807, 2.05) is 0 Å². The highest BCUT2D eigenvalue weighted by Crippen LogP contribution is 2.45. The number of phosphoric acid groups is 2. The van der Waals surface area contributed by atoms with Crippen molar-refractivity contribution in [2.75, 3.05) is 39.6 Å². The van der Waals surface area contributed by atoms with Gasteiger partial charge in [0.1, 0.15) is 19.3 Å². The number of hydrogen-bond acceptors (Lipinski definition) is 15. The molecule has 0 saturated heterocycles. The van der Waals surface area contributed by atoms with Crippen LogP contribution in [0.4, 0.5) is 0 Å². The van der Waals surface area contributed by atoms with Crippen molar-refractivity contribution in [2.24, 2.45) is 11.8 Å². The summed E-state index contributed by atoms with van der Waals surface area (Å²) in [7, 11) is -9.91. The minimum Gasteiger partial charge on any atom is -0.462 e. The first-order valence-electron chi connectivity index (χ1n) is 40.5. The molecule has 5 atom stereocenters. The van der Waals surface area contributed by atoms with Gasteiger partial charge in [-0.25, -0.2) is 9.13 Å². The molecule has 0 spiro atoms. The Bertz CT molecular complexity index is 1870. The highest BCUT2D eigenvalue weighted by atomic mass is 31.2. The van der Waals surface area contributed by atoms with E-state index >= 15 is 0 Å². The number of phosphoric ester groups is 2. The van der Waals surface area contributed by atoms with Gasteiger partial charge in [0.2, 0.25) is 0 Å². The second-order valence-electron chi connectivity index (χ2n) is 29.1. The summed E-state index contributed by atoms with van der Waals surface area (Å²) in [4.78, 5) is 72.8. The van der Waals surface area contributed by atoms with Gasteiger partial charge in [-0.2, -0.15) is 0 Å². The van der Waals surface area contributed by atoms with E-state index in [1.54, 1.807) is 0 Å². The molecule has 0 amide bonds. The number of unbranched alkanes of at least 4 members (excludes halogenated alkanes) is 47. The van der Waals surface area contributed by atoms with Crippen LogP contribution in [0.1, 0.15) is 408 Å². The molecule has 0 rings (SSSR count). The zero-order valence-corrected chi connectivity index (χ0v) is 65.2. The molecule has 0 aromatic carbocycles. The van der Waals surface area contributed by atoms with Crippen LogP contribution in [0.3, 0.4) is 0 Å². The number of rotatable bonds is 77. The second-order valence-corrected chi connectivity index (χ2v) is 32.0. The summed E-state index contributed by atoms with van der Waals surface area (Å²) >= 11 is 0. The Kier molecular flexibility index (Phi) is 68.4. The predicted molar refractivity (Wildman–Crippen MR) is 395 cm³/mol. The van der Waals surface area contributed by atoms with E-state index < -0.39 is 97.5 Å². The molecule has 97 heavy (non-hydrogen) atoms. The van der Waals surface area contributed by atoms with Crippen molar-refractivity contribution in [2.45, 2.75) is 426 Å². The predicted octanol–water partition coefficient (Wildman–Crippen LogP) is 23.1. The molecule has 0 aliphatic rings. The van der Waals surface area contributed by atoms with Gasteiger partial charge < -0.3 is 33.8 Å². The summed E-state index contributed by atoms with van der Waals surface area (Å²) in [6.07, 6.45) is 58.4. The van der Waals surface area contributed by atoms with E-state index in [0.29, 0.717) is 25.7 Å². The van der Waals surface area contributed by atoms with Crippen LogP contribution in [0.5, 0.6) is 0 Å². The standard InChI is InChI=1S/C78H152O17P2/c1-7-9-11-13-15-17-19-20-21-22-23-24-25-26-27-28-29-30-38-44-50-56-62-77(82)94-73(67-89-76(81)61-55-49-43-37-32-31-34-40-46-52-58-70(3)4)68-92-96(84,85)90-64-72(79)65-91-97(86,87)93-69-74(66-88-75(80)60-54-48-42-36-18-16-14-12-10-8-2)95-78(83)63-57-51-45-39-33-35-41-47-53-59-71(5)6/h70-74,79H,7-69H2,1-6H3,(H,84,85)(H,86,87)/t72-,73-,74-/m1/s1. The Labute approximate surface area is 594 Å². The van der Waals surface area contributed by atoms with Crippen molar-refractivity contribution in [3.8, 4) is 0 Å². The number of carbonyl (C=O) groups is 4. The topological polar surface area (TPSA) is 237 Å². The van der Waals surface area contributed by atoms with Crippen molar-refractivity contribution in [1.82, 2.24) is 0 Å². The Balaban J connectivity index is 5.18. The number of aliphatic hydroxyl groups excluding tert-OH is 1. The first-order valence-corrected chi connectivity index (χ1v) is 43.5. The number of hydrogen-bond donors (Lipinski definition) is 3. The molecule has 576 valence electrons. The largest absolute Gasteiger partial charge is 0.472 e. The lowest BCUT2D eigenvalue weighted by Crippen LogP contribution is -2.30. The highest BCUT2D eigenvalue weighted by Gasteiger charge is 2.30. The molecular formula is C78H152O17P2. The van der Waals surface area contributed by atoms with Crippen molar-refractivity contribution in [3.05, 3.63) is 0 Å². The van der Waals surface area contributed by atoms with Crippen LogP contribution < -0.4 is 0 Å². The molecule has 0 saturated carbocycles. The minimum atomic E-state index is -4.96. The quantitative estimate of drug-likeness (QED) is 0.0222. The van der Waals surface area contributed by atoms with Crippen molar-refractivity contribution in [1.29, 1.82) is 0 Å². The zero-order chi connectivity index (χ0) is 71.4. The maximum atomic E-state index is 13.1. The van der Waals surface area contributed by atoms with Crippen LogP contribution >= 0.6 is 15.6 Å². The fraction of sp³-hybridized carbons (Fsp3) is 0.949. The molecule has 0 bridgehead atoms. The third-order valence-electron chi connectivity index (χ3n) is 18.2. The number of ether oxygens (including phenoxy) is 4. The van der Waals surface area contributed by atoms with Gasteiger partial charge in [0.15, 0.2) is 12.2 Å². The van der Waals surface area contributed by atoms with Crippen LogP contribution in [-0.4, -0.2) is 96.7 Å². The third kappa shape index (κ3) is 72.2. The summed E-state index contributed by atoms with van der Waals surface area (Å²) in [5.41, 5.74) is 0. The molecule has 0 aromatic rings. The van der Waals surface area contributed by atoms with E-state index in [4.69, 9.17) is 37.0 Å². The van der Waals surface area contributed by atoms with E-state index in [0.717, 1.165) is 102 Å². The number of aliphatic hydroxyl groups is 1. The SMILES string of the molecule is CCCCCCCCCCCCCCCCCCCCCCCCC(=O)O[C@H](COC(=O)CCCCCCCCCCCCC(C)C)COP(=O)(O)OC[C@@H](O)COP(=O)(O)OC[C@@H](COC(=O)CCCCCCCCCCCC)OC(=O)CCCCCCCCCCCC(C)C. The highest BCUT2D eigenvalue weighted by molar-refractivity contribution is 7.47. The first kappa shape index (κ1) is 95.1. The van der Waals surface area contributed by atoms with Gasteiger partial charge in [0, 0.05) is 25.7 Å². The lowest BCUT2D eigenvalue weighted by molar-refractivity contribution is -0.161. The number of carbonyl (C=O) groups excluding carboxylic acids is 4. The summed E-state index contributed by atoms with van der Waals surface area (Å²) < 4.78 is 68.5. The Morgan fingerprint density at radius 3 is 0.701 bits per heavy atom. The minimum absolute atomic E-state index is 0.106. The number of esters is 4. The Morgan fingerprint density at radius 1 is 0.278 bits per heavy atom. The normalized spacial score (nSPS) is 14.0. The van der Waals surface area contributed by atoms with Crippen LogP contribution in [0.25, 0.3) is 0 Å². The average Bonchev–Trinajstić information content (AvgIpc) is 1.03. The van der Waals surface area contributed by atoms with Gasteiger partial charge in [0.05, 0.1) is 26.4 Å². The van der Waals surface area contributed by atoms with Crippen LogP contribution in [0, 0.1) is 11.8 Å². The molecule has 19 heteroatoms. The summed E-state index contributed by atoms with van der Waals surface area (Å²) in [5, 5.41) is 10.6. The molecule has 0 aliphatic heterocycles. The van der Waals surface area contributed by atoms with Gasteiger partial charge in [-0.1, -0.05) is 356 Å². The molecule has 0 aliphatic carbocycles. The Hall–Kier alpha value is -1.94. The molecule has 3 N–H and O–H groups in total. The average molecular weight is 1420 g/mol. The van der Waals surface area contributed by atoms with Gasteiger partial charge in [0.25, 0.3) is 0 Å². The van der Waals surface area contributed by atoms with Gasteiger partial charge in [-0.05, 0) is 37.5 Å².